The molecule has 0 aliphatic carbocycles. The van der Waals surface area contributed by atoms with Crippen molar-refractivity contribution in [1.82, 2.24) is 0 Å². The van der Waals surface area contributed by atoms with E-state index < -0.39 is 6.09 Å². The van der Waals surface area contributed by atoms with Crippen LogP contribution in [0.3, 0.4) is 0 Å². The molecule has 0 aliphatic rings. The highest BCUT2D eigenvalue weighted by Gasteiger charge is 2.08. The highest BCUT2D eigenvalue weighted by atomic mass is 16.5. The number of nitrogen functional groups attached to an aromatic ring is 1. The highest BCUT2D eigenvalue weighted by Crippen LogP contribution is 2.22. The first kappa shape index (κ1) is 13.4. The van der Waals surface area contributed by atoms with Crippen molar-refractivity contribution in [2.75, 3.05) is 17.7 Å². The number of aryl methyl sites for hydroxylation is 2. The maximum absolute atomic E-state index is 11.5. The van der Waals surface area contributed by atoms with Crippen molar-refractivity contribution >= 4 is 17.5 Å². The molecule has 0 saturated carbocycles. The van der Waals surface area contributed by atoms with Crippen molar-refractivity contribution in [2.45, 2.75) is 27.7 Å². The van der Waals surface area contributed by atoms with Gasteiger partial charge in [0.2, 0.25) is 0 Å². The molecule has 0 radical (unpaired) electrons. The summed E-state index contributed by atoms with van der Waals surface area (Å²) in [6, 6.07) is 3.69. The van der Waals surface area contributed by atoms with Gasteiger partial charge in [-0.2, -0.15) is 0 Å². The van der Waals surface area contributed by atoms with E-state index in [1.54, 1.807) is 6.07 Å². The number of hydrogen-bond acceptors (Lipinski definition) is 3. The van der Waals surface area contributed by atoms with Crippen LogP contribution in [-0.2, 0) is 4.74 Å². The lowest BCUT2D eigenvalue weighted by Gasteiger charge is -2.12. The Morgan fingerprint density at radius 1 is 1.35 bits per heavy atom. The molecule has 17 heavy (non-hydrogen) atoms. The van der Waals surface area contributed by atoms with Gasteiger partial charge in [0.15, 0.2) is 0 Å². The Bertz CT molecular complexity index is 414. The topological polar surface area (TPSA) is 64.3 Å². The molecule has 0 atom stereocenters. The summed E-state index contributed by atoms with van der Waals surface area (Å²) in [4.78, 5) is 11.5. The molecule has 0 bridgehead atoms. The second-order valence-electron chi connectivity index (χ2n) is 4.64. The first-order valence-electron chi connectivity index (χ1n) is 5.70. The molecule has 0 saturated heterocycles. The zero-order chi connectivity index (χ0) is 13.0. The molecule has 1 amide bonds. The number of amides is 1. The van der Waals surface area contributed by atoms with Crippen molar-refractivity contribution < 1.29 is 9.53 Å². The molecule has 0 spiro atoms. The van der Waals surface area contributed by atoms with Crippen LogP contribution in [0, 0.1) is 19.8 Å². The lowest BCUT2D eigenvalue weighted by atomic mass is 10.1. The van der Waals surface area contributed by atoms with E-state index in [4.69, 9.17) is 10.5 Å². The zero-order valence-electron chi connectivity index (χ0n) is 10.8. The van der Waals surface area contributed by atoms with E-state index in [-0.39, 0.29) is 0 Å². The van der Waals surface area contributed by atoms with Gasteiger partial charge >= 0.3 is 6.09 Å². The summed E-state index contributed by atoms with van der Waals surface area (Å²) in [5, 5.41) is 2.69. The number of benzene rings is 1. The predicted molar refractivity (Wildman–Crippen MR) is 70.1 cm³/mol. The summed E-state index contributed by atoms with van der Waals surface area (Å²) in [5.41, 5.74) is 9.13. The van der Waals surface area contributed by atoms with Crippen molar-refractivity contribution in [1.29, 1.82) is 0 Å². The third kappa shape index (κ3) is 3.98. The van der Waals surface area contributed by atoms with E-state index >= 15 is 0 Å². The fraction of sp³-hybridized carbons (Fsp3) is 0.462. The molecular weight excluding hydrogens is 216 g/mol. The molecule has 4 heteroatoms. The number of anilines is 2. The average molecular weight is 236 g/mol. The Morgan fingerprint density at radius 2 is 2.00 bits per heavy atom. The third-order valence-corrected chi connectivity index (χ3v) is 2.40. The van der Waals surface area contributed by atoms with Gasteiger partial charge in [0.25, 0.3) is 0 Å². The lowest BCUT2D eigenvalue weighted by molar-refractivity contribution is 0.147. The smallest absolute Gasteiger partial charge is 0.411 e. The molecule has 4 nitrogen and oxygen atoms in total. The van der Waals surface area contributed by atoms with Crippen LogP contribution < -0.4 is 11.1 Å². The molecule has 0 aromatic heterocycles. The van der Waals surface area contributed by atoms with E-state index in [1.807, 2.05) is 33.8 Å². The van der Waals surface area contributed by atoms with Crippen LogP contribution in [0.1, 0.15) is 25.0 Å². The van der Waals surface area contributed by atoms with Crippen molar-refractivity contribution in [3.05, 3.63) is 23.3 Å². The molecular formula is C13H20N2O2. The molecule has 1 aromatic carbocycles. The quantitative estimate of drug-likeness (QED) is 0.793. The number of hydrogen-bond donors (Lipinski definition) is 2. The number of nitrogens with one attached hydrogen (secondary N) is 1. The van der Waals surface area contributed by atoms with Gasteiger partial charge in [-0.1, -0.05) is 19.9 Å². The van der Waals surface area contributed by atoms with Gasteiger partial charge in [0.1, 0.15) is 0 Å². The Kier molecular flexibility index (Phi) is 4.37. The SMILES string of the molecule is Cc1cc(C)c(NC(=O)OCC(C)C)cc1N. The minimum absolute atomic E-state index is 0.324. The lowest BCUT2D eigenvalue weighted by Crippen LogP contribution is -2.17. The highest BCUT2D eigenvalue weighted by molar-refractivity contribution is 5.86. The van der Waals surface area contributed by atoms with Crippen LogP contribution in [0.25, 0.3) is 0 Å². The Morgan fingerprint density at radius 3 is 2.59 bits per heavy atom. The predicted octanol–water partition coefficient (Wildman–Crippen LogP) is 3.09. The van der Waals surface area contributed by atoms with Gasteiger partial charge in [-0.25, -0.2) is 4.79 Å². The van der Waals surface area contributed by atoms with E-state index in [9.17, 15) is 4.79 Å². The number of carbonyl (C=O) groups excluding carboxylic acids is 1. The minimum Gasteiger partial charge on any atom is -0.449 e. The fourth-order valence-electron chi connectivity index (χ4n) is 1.39. The molecule has 0 unspecified atom stereocenters. The summed E-state index contributed by atoms with van der Waals surface area (Å²) in [7, 11) is 0. The van der Waals surface area contributed by atoms with Crippen LogP contribution in [0.15, 0.2) is 12.1 Å². The Balaban J connectivity index is 2.68. The van der Waals surface area contributed by atoms with Gasteiger partial charge in [-0.05, 0) is 37.0 Å². The standard InChI is InChI=1S/C13H20N2O2/c1-8(2)7-17-13(16)15-12-6-11(14)9(3)5-10(12)4/h5-6,8H,7,14H2,1-4H3,(H,15,16). The fourth-order valence-corrected chi connectivity index (χ4v) is 1.39. The zero-order valence-corrected chi connectivity index (χ0v) is 10.8. The maximum atomic E-state index is 11.5. The maximum Gasteiger partial charge on any atom is 0.411 e. The molecule has 1 rings (SSSR count). The van der Waals surface area contributed by atoms with Gasteiger partial charge in [0.05, 0.1) is 6.61 Å². The molecule has 1 aromatic rings. The number of ether oxygens (including phenoxy) is 1. The summed E-state index contributed by atoms with van der Waals surface area (Å²) in [6.45, 7) is 8.24. The monoisotopic (exact) mass is 236 g/mol. The van der Waals surface area contributed by atoms with Crippen molar-refractivity contribution in [2.24, 2.45) is 5.92 Å². The van der Waals surface area contributed by atoms with E-state index in [0.717, 1.165) is 11.1 Å². The summed E-state index contributed by atoms with van der Waals surface area (Å²) in [5.74, 6) is 0.324. The molecule has 0 aliphatic heterocycles. The number of nitrogens with two attached hydrogens (primary N) is 1. The summed E-state index contributed by atoms with van der Waals surface area (Å²) in [6.07, 6.45) is -0.440. The van der Waals surface area contributed by atoms with Crippen LogP contribution in [0.5, 0.6) is 0 Å². The van der Waals surface area contributed by atoms with Gasteiger partial charge in [0, 0.05) is 11.4 Å². The second-order valence-corrected chi connectivity index (χ2v) is 4.64. The van der Waals surface area contributed by atoms with E-state index in [1.165, 1.54) is 0 Å². The molecule has 0 fully saturated rings. The van der Waals surface area contributed by atoms with Gasteiger partial charge < -0.3 is 10.5 Å². The summed E-state index contributed by atoms with van der Waals surface area (Å²) < 4.78 is 5.04. The van der Waals surface area contributed by atoms with Gasteiger partial charge in [-0.3, -0.25) is 5.32 Å². The van der Waals surface area contributed by atoms with Gasteiger partial charge in [-0.15, -0.1) is 0 Å². The second kappa shape index (κ2) is 5.57. The number of rotatable bonds is 3. The average Bonchev–Trinajstić information content (AvgIpc) is 2.23. The third-order valence-electron chi connectivity index (χ3n) is 2.40. The van der Waals surface area contributed by atoms with E-state index in [0.29, 0.717) is 23.9 Å². The molecule has 94 valence electrons. The molecule has 0 heterocycles. The van der Waals surface area contributed by atoms with Crippen LogP contribution in [0.4, 0.5) is 16.2 Å². The first-order chi connectivity index (χ1) is 7.90. The largest absolute Gasteiger partial charge is 0.449 e. The number of carbonyl (C=O) groups is 1. The van der Waals surface area contributed by atoms with Crippen LogP contribution >= 0.6 is 0 Å². The van der Waals surface area contributed by atoms with Crippen molar-refractivity contribution in [3.8, 4) is 0 Å². The first-order valence-corrected chi connectivity index (χ1v) is 5.70. The van der Waals surface area contributed by atoms with E-state index in [2.05, 4.69) is 5.32 Å². The van der Waals surface area contributed by atoms with Crippen LogP contribution in [-0.4, -0.2) is 12.7 Å². The normalized spacial score (nSPS) is 10.4. The Labute approximate surface area is 102 Å². The van der Waals surface area contributed by atoms with Crippen LogP contribution in [0.2, 0.25) is 0 Å². The molecule has 3 N–H and O–H groups in total. The van der Waals surface area contributed by atoms with Crippen molar-refractivity contribution in [3.63, 3.8) is 0 Å². The Hall–Kier alpha value is -1.71. The minimum atomic E-state index is -0.440. The summed E-state index contributed by atoms with van der Waals surface area (Å²) >= 11 is 0.